The topological polar surface area (TPSA) is 84.7 Å². The van der Waals surface area contributed by atoms with Gasteiger partial charge in [0.2, 0.25) is 0 Å². The highest BCUT2D eigenvalue weighted by Crippen LogP contribution is 2.33. The molecule has 0 N–H and O–H groups in total. The van der Waals surface area contributed by atoms with Crippen LogP contribution in [0.3, 0.4) is 0 Å². The predicted molar refractivity (Wildman–Crippen MR) is 125 cm³/mol. The third-order valence-electron chi connectivity index (χ3n) is 6.28. The maximum Gasteiger partial charge on any atom is 0.350 e. The van der Waals surface area contributed by atoms with Crippen LogP contribution >= 0.6 is 0 Å². The van der Waals surface area contributed by atoms with Crippen molar-refractivity contribution >= 4 is 5.82 Å². The van der Waals surface area contributed by atoms with Crippen LogP contribution in [0.2, 0.25) is 0 Å². The molecule has 178 valence electrons. The summed E-state index contributed by atoms with van der Waals surface area (Å²) in [6.07, 6.45) is 1.27. The van der Waals surface area contributed by atoms with Gasteiger partial charge in [-0.3, -0.25) is 9.25 Å². The number of aromatic nitrogens is 5. The lowest BCUT2D eigenvalue weighted by Crippen LogP contribution is -2.54. The summed E-state index contributed by atoms with van der Waals surface area (Å²) in [5.74, 6) is -0.561. The third kappa shape index (κ3) is 4.21. The number of rotatable bonds is 6. The fraction of sp³-hybridized carbons (Fsp3) is 0.280. The predicted octanol–water partition coefficient (Wildman–Crippen LogP) is 3.26. The molecule has 0 saturated carbocycles. The number of hydrogen-bond acceptors (Lipinski definition) is 5. The molecular weight excluding hydrogens is 452 g/mol. The molecular formula is C25H23F2N7O. The van der Waals surface area contributed by atoms with Crippen molar-refractivity contribution in [3.8, 4) is 11.8 Å². The van der Waals surface area contributed by atoms with Crippen LogP contribution in [0.15, 0.2) is 59.7 Å². The molecule has 35 heavy (non-hydrogen) atoms. The monoisotopic (exact) mass is 475 g/mol. The summed E-state index contributed by atoms with van der Waals surface area (Å²) < 4.78 is 32.2. The maximum absolute atomic E-state index is 14.0. The lowest BCUT2D eigenvalue weighted by Gasteiger charge is -2.43. The van der Waals surface area contributed by atoms with Crippen LogP contribution in [-0.2, 0) is 13.1 Å². The molecule has 0 aliphatic carbocycles. The Morgan fingerprint density at radius 2 is 1.77 bits per heavy atom. The van der Waals surface area contributed by atoms with Crippen molar-refractivity contribution in [3.05, 3.63) is 93.8 Å². The highest BCUT2D eigenvalue weighted by Gasteiger charge is 2.40. The minimum Gasteiger partial charge on any atom is -0.352 e. The minimum atomic E-state index is -0.709. The maximum atomic E-state index is 14.0. The van der Waals surface area contributed by atoms with Gasteiger partial charge in [-0.25, -0.2) is 13.6 Å². The molecule has 1 saturated heterocycles. The van der Waals surface area contributed by atoms with Crippen LogP contribution in [0.25, 0.3) is 5.69 Å². The second kappa shape index (κ2) is 8.51. The van der Waals surface area contributed by atoms with Crippen molar-refractivity contribution in [1.29, 1.82) is 5.26 Å². The standard InChI is InChI=1S/C25H23F2N7O/c1-17-10-23(32-14-25(2,13-28)15-32)30-33(17)11-18-6-8-19(9-7-18)34-24(35)31(16-29-34)12-20-21(26)4-3-5-22(20)27/h3-10,16H,11-12,14-15H2,1-2H3. The van der Waals surface area contributed by atoms with E-state index < -0.39 is 17.3 Å². The van der Waals surface area contributed by atoms with Crippen LogP contribution in [0.4, 0.5) is 14.6 Å². The van der Waals surface area contributed by atoms with Crippen LogP contribution in [0.1, 0.15) is 23.7 Å². The van der Waals surface area contributed by atoms with E-state index in [1.165, 1.54) is 17.1 Å². The summed E-state index contributed by atoms with van der Waals surface area (Å²) >= 11 is 0. The Morgan fingerprint density at radius 3 is 2.43 bits per heavy atom. The SMILES string of the molecule is Cc1cc(N2CC(C)(C#N)C2)nn1Cc1ccc(-n2ncn(Cc3c(F)cccc3F)c2=O)cc1. The number of hydrogen-bond donors (Lipinski definition) is 0. The van der Waals surface area contributed by atoms with E-state index in [2.05, 4.69) is 21.2 Å². The quantitative estimate of drug-likeness (QED) is 0.427. The van der Waals surface area contributed by atoms with Gasteiger partial charge in [-0.05, 0) is 43.7 Å². The van der Waals surface area contributed by atoms with Gasteiger partial charge in [0.25, 0.3) is 0 Å². The van der Waals surface area contributed by atoms with Crippen molar-refractivity contribution in [1.82, 2.24) is 24.1 Å². The molecule has 1 aliphatic rings. The van der Waals surface area contributed by atoms with Gasteiger partial charge in [-0.15, -0.1) is 0 Å². The van der Waals surface area contributed by atoms with Gasteiger partial charge in [0.05, 0.1) is 30.3 Å². The summed E-state index contributed by atoms with van der Waals surface area (Å²) in [6, 6.07) is 15.2. The zero-order valence-corrected chi connectivity index (χ0v) is 19.3. The van der Waals surface area contributed by atoms with E-state index in [-0.39, 0.29) is 17.5 Å². The van der Waals surface area contributed by atoms with Gasteiger partial charge in [0.1, 0.15) is 18.0 Å². The lowest BCUT2D eigenvalue weighted by molar-refractivity contribution is 0.333. The largest absolute Gasteiger partial charge is 0.352 e. The molecule has 0 bridgehead atoms. The van der Waals surface area contributed by atoms with Gasteiger partial charge < -0.3 is 4.90 Å². The normalized spacial score (nSPS) is 14.5. The number of halogens is 2. The molecule has 2 aromatic heterocycles. The summed E-state index contributed by atoms with van der Waals surface area (Å²) in [5, 5.41) is 18.0. The van der Waals surface area contributed by atoms with E-state index in [1.54, 1.807) is 12.1 Å². The Hall–Kier alpha value is -4.26. The molecule has 2 aromatic carbocycles. The first-order valence-corrected chi connectivity index (χ1v) is 11.1. The van der Waals surface area contributed by atoms with Crippen molar-refractivity contribution in [2.45, 2.75) is 26.9 Å². The lowest BCUT2D eigenvalue weighted by atomic mass is 9.84. The van der Waals surface area contributed by atoms with E-state index in [4.69, 9.17) is 0 Å². The highest BCUT2D eigenvalue weighted by molar-refractivity contribution is 5.46. The highest BCUT2D eigenvalue weighted by atomic mass is 19.1. The fourth-order valence-corrected chi connectivity index (χ4v) is 4.23. The zero-order chi connectivity index (χ0) is 24.7. The Labute approximate surface area is 200 Å². The first-order valence-electron chi connectivity index (χ1n) is 11.1. The van der Waals surface area contributed by atoms with Crippen LogP contribution in [0.5, 0.6) is 0 Å². The molecule has 0 atom stereocenters. The van der Waals surface area contributed by atoms with Gasteiger partial charge in [-0.1, -0.05) is 18.2 Å². The second-order valence-corrected chi connectivity index (χ2v) is 9.15. The van der Waals surface area contributed by atoms with Gasteiger partial charge in [0.15, 0.2) is 5.82 Å². The molecule has 1 fully saturated rings. The van der Waals surface area contributed by atoms with Crippen LogP contribution < -0.4 is 10.6 Å². The first-order chi connectivity index (χ1) is 16.8. The fourth-order valence-electron chi connectivity index (χ4n) is 4.23. The molecule has 0 amide bonds. The molecule has 3 heterocycles. The van der Waals surface area contributed by atoms with Crippen molar-refractivity contribution in [2.24, 2.45) is 5.41 Å². The molecule has 0 spiro atoms. The third-order valence-corrected chi connectivity index (χ3v) is 6.28. The summed E-state index contributed by atoms with van der Waals surface area (Å²) in [7, 11) is 0. The first kappa shape index (κ1) is 22.5. The van der Waals surface area contributed by atoms with E-state index in [0.717, 1.165) is 33.8 Å². The molecule has 5 rings (SSSR count). The average Bonchev–Trinajstić information content (AvgIpc) is 3.36. The van der Waals surface area contributed by atoms with Crippen molar-refractivity contribution < 1.29 is 8.78 Å². The molecule has 1 aliphatic heterocycles. The minimum absolute atomic E-state index is 0.186. The molecule has 0 radical (unpaired) electrons. The van der Waals surface area contributed by atoms with E-state index in [9.17, 15) is 18.8 Å². The number of aryl methyl sites for hydroxylation is 1. The average molecular weight is 476 g/mol. The summed E-state index contributed by atoms with van der Waals surface area (Å²) in [5.41, 5.74) is 1.53. The second-order valence-electron chi connectivity index (χ2n) is 9.15. The number of benzene rings is 2. The van der Waals surface area contributed by atoms with E-state index in [1.807, 2.05) is 36.7 Å². The Kier molecular flexibility index (Phi) is 5.47. The van der Waals surface area contributed by atoms with Crippen molar-refractivity contribution in [2.75, 3.05) is 18.0 Å². The summed E-state index contributed by atoms with van der Waals surface area (Å²) in [6.45, 7) is 5.56. The van der Waals surface area contributed by atoms with E-state index >= 15 is 0 Å². The number of nitrogens with zero attached hydrogens (tertiary/aromatic N) is 7. The van der Waals surface area contributed by atoms with Crippen molar-refractivity contribution in [3.63, 3.8) is 0 Å². The van der Waals surface area contributed by atoms with Gasteiger partial charge in [0, 0.05) is 30.4 Å². The summed E-state index contributed by atoms with van der Waals surface area (Å²) in [4.78, 5) is 14.9. The molecule has 4 aromatic rings. The molecule has 10 heteroatoms. The Balaban J connectivity index is 1.30. The number of anilines is 1. The number of nitriles is 1. The van der Waals surface area contributed by atoms with E-state index in [0.29, 0.717) is 25.3 Å². The van der Waals surface area contributed by atoms with Gasteiger partial charge >= 0.3 is 5.69 Å². The Bertz CT molecular complexity index is 1470. The molecule has 8 nitrogen and oxygen atoms in total. The Morgan fingerprint density at radius 1 is 1.09 bits per heavy atom. The van der Waals surface area contributed by atoms with Crippen LogP contribution in [-0.4, -0.2) is 37.2 Å². The smallest absolute Gasteiger partial charge is 0.350 e. The zero-order valence-electron chi connectivity index (χ0n) is 19.3. The molecule has 0 unspecified atom stereocenters. The van der Waals surface area contributed by atoms with Crippen LogP contribution in [0, 0.1) is 35.3 Å². The van der Waals surface area contributed by atoms with Gasteiger partial charge in [-0.2, -0.15) is 20.1 Å².